The van der Waals surface area contributed by atoms with Gasteiger partial charge in [-0.1, -0.05) is 164 Å². The number of aromatic nitrogens is 4. The molecule has 0 saturated carbocycles. The molecular formula is C51H75N5O5S3. The average Bonchev–Trinajstić information content (AvgIpc) is 4.16. The zero-order chi connectivity index (χ0) is 45.8. The van der Waals surface area contributed by atoms with Gasteiger partial charge in [-0.3, -0.25) is 4.79 Å². The van der Waals surface area contributed by atoms with E-state index in [9.17, 15) is 21.6 Å². The number of aryl methyl sites for hydroxylation is 1. The highest BCUT2D eigenvalue weighted by molar-refractivity contribution is 8.03. The summed E-state index contributed by atoms with van der Waals surface area (Å²) in [6.45, 7) is 23.8. The summed E-state index contributed by atoms with van der Waals surface area (Å²) in [6, 6.07) is 33.6. The average molecular weight is 934 g/mol. The zero-order valence-corrected chi connectivity index (χ0v) is 39.7. The van der Waals surface area contributed by atoms with E-state index in [1.807, 2.05) is 153 Å². The Morgan fingerprint density at radius 1 is 0.625 bits per heavy atom. The van der Waals surface area contributed by atoms with Crippen molar-refractivity contribution in [1.29, 1.82) is 0 Å². The molecule has 64 heavy (non-hydrogen) atoms. The van der Waals surface area contributed by atoms with Gasteiger partial charge in [-0.15, -0.1) is 0 Å². The molecule has 10 rings (SSSR count). The number of hydrogen-bond acceptors (Lipinski definition) is 9. The lowest BCUT2D eigenvalue weighted by atomic mass is 10.2. The summed E-state index contributed by atoms with van der Waals surface area (Å²) in [4.78, 5) is 24.3. The molecule has 352 valence electrons. The van der Waals surface area contributed by atoms with Crippen LogP contribution in [0, 0.1) is 0 Å². The van der Waals surface area contributed by atoms with Crippen molar-refractivity contribution in [1.82, 2.24) is 19.4 Å². The largest absolute Gasteiger partial charge is 0.350 e. The first-order valence-corrected chi connectivity index (χ1v) is 24.9. The summed E-state index contributed by atoms with van der Waals surface area (Å²) in [5, 5.41) is 5.35. The molecule has 4 aromatic heterocycles. The van der Waals surface area contributed by atoms with Crippen LogP contribution < -0.4 is 5.32 Å². The maximum Gasteiger partial charge on any atom is 0.186 e. The molecule has 3 aliphatic rings. The van der Waals surface area contributed by atoms with Gasteiger partial charge in [0.05, 0.1) is 26.3 Å². The van der Waals surface area contributed by atoms with E-state index in [0.29, 0.717) is 16.9 Å². The third-order valence-electron chi connectivity index (χ3n) is 7.81. The molecule has 0 fully saturated rings. The lowest BCUT2D eigenvalue weighted by molar-refractivity contribution is 0.102. The molecule has 0 amide bonds. The molecule has 0 unspecified atom stereocenters. The summed E-state index contributed by atoms with van der Waals surface area (Å²) in [5.74, 6) is -0.385. The molecule has 7 aromatic rings. The predicted octanol–water partition coefficient (Wildman–Crippen LogP) is 14.3. The summed E-state index contributed by atoms with van der Waals surface area (Å²) in [5.41, 5.74) is 4.43. The van der Waals surface area contributed by atoms with Crippen LogP contribution in [0.3, 0.4) is 0 Å². The molecule has 0 saturated heterocycles. The number of H-pyrrole nitrogens is 1. The second-order valence-electron chi connectivity index (χ2n) is 11.3. The molecule has 0 spiro atoms. The zero-order valence-electron chi connectivity index (χ0n) is 37.2. The van der Waals surface area contributed by atoms with E-state index in [-0.39, 0.29) is 44.5 Å². The van der Waals surface area contributed by atoms with E-state index in [0.717, 1.165) is 27.3 Å². The van der Waals surface area contributed by atoms with E-state index >= 15 is 0 Å². The Labute approximate surface area is 390 Å². The van der Waals surface area contributed by atoms with Crippen LogP contribution in [0.15, 0.2) is 166 Å². The normalized spacial score (nSPS) is 12.6. The Hall–Kier alpha value is -5.50. The number of para-hydroxylation sites is 1. The van der Waals surface area contributed by atoms with Crippen molar-refractivity contribution in [3.63, 3.8) is 0 Å². The molecule has 2 N–H and O–H groups in total. The fourth-order valence-electron chi connectivity index (χ4n) is 5.38. The van der Waals surface area contributed by atoms with Gasteiger partial charge < -0.3 is 14.7 Å². The highest BCUT2D eigenvalue weighted by Gasteiger charge is 2.32. The SMILES string of the molecule is C.C.C.C=C1Nc2ccccc2S1.CC.CC.CC.CC.CC.O=C1CS(=O)(=O)c2ccccc21.O=S1(=O)CCc2ccccc21.c1ccn2ccnc2c1.c1cnc2[nH]ccc2c1. The number of aromatic amines is 1. The van der Waals surface area contributed by atoms with E-state index < -0.39 is 19.7 Å². The summed E-state index contributed by atoms with van der Waals surface area (Å²) < 4.78 is 47.0. The summed E-state index contributed by atoms with van der Waals surface area (Å²) in [7, 11) is -6.21. The van der Waals surface area contributed by atoms with E-state index in [4.69, 9.17) is 0 Å². The highest BCUT2D eigenvalue weighted by atomic mass is 32.2. The third kappa shape index (κ3) is 18.7. The van der Waals surface area contributed by atoms with Crippen molar-refractivity contribution < 1.29 is 21.6 Å². The molecular weight excluding hydrogens is 859 g/mol. The van der Waals surface area contributed by atoms with Crippen LogP contribution in [-0.2, 0) is 26.1 Å². The van der Waals surface area contributed by atoms with Crippen molar-refractivity contribution in [2.24, 2.45) is 0 Å². The minimum Gasteiger partial charge on any atom is -0.350 e. The van der Waals surface area contributed by atoms with E-state index in [1.54, 1.807) is 54.5 Å². The van der Waals surface area contributed by atoms with Crippen LogP contribution in [0.5, 0.6) is 0 Å². The van der Waals surface area contributed by atoms with Crippen molar-refractivity contribution in [2.45, 2.75) is 113 Å². The fourth-order valence-corrected chi connectivity index (χ4v) is 9.20. The number of Topliss-reactive ketones (excluding diaryl/α,β-unsaturated/α-hetero) is 1. The second kappa shape index (κ2) is 34.0. The lowest BCUT2D eigenvalue weighted by Gasteiger charge is -1.94. The van der Waals surface area contributed by atoms with Gasteiger partial charge in [0.1, 0.15) is 17.0 Å². The quantitative estimate of drug-likeness (QED) is 0.152. The minimum absolute atomic E-state index is 0. The second-order valence-corrected chi connectivity index (χ2v) is 16.5. The van der Waals surface area contributed by atoms with Gasteiger partial charge in [0.15, 0.2) is 25.5 Å². The number of fused-ring (bicyclic) bond motifs is 5. The lowest BCUT2D eigenvalue weighted by Crippen LogP contribution is -2.03. The first-order chi connectivity index (χ1) is 29.6. The number of thioether (sulfide) groups is 1. The van der Waals surface area contributed by atoms with E-state index in [2.05, 4.69) is 39.0 Å². The third-order valence-corrected chi connectivity index (χ3v) is 12.2. The number of pyridine rings is 2. The number of nitrogens with one attached hydrogen (secondary N) is 2. The van der Waals surface area contributed by atoms with Crippen LogP contribution in [0.1, 0.15) is 107 Å². The number of rotatable bonds is 0. The highest BCUT2D eigenvalue weighted by Crippen LogP contribution is 2.39. The Morgan fingerprint density at radius 2 is 1.22 bits per heavy atom. The minimum atomic E-state index is -3.30. The molecule has 13 heteroatoms. The number of ketones is 1. The van der Waals surface area contributed by atoms with Gasteiger partial charge in [0.25, 0.3) is 0 Å². The molecule has 7 heterocycles. The van der Waals surface area contributed by atoms with Gasteiger partial charge in [0.2, 0.25) is 0 Å². The number of anilines is 1. The standard InChI is InChI=1S/C8H7NS.C8H6O3S.C8H8O2S.2C7H6N2.5C2H6.3CH4/c1-6-9-7-4-2-3-5-8(7)10-6;9-7-5-12(10,11)8-4-2-1-3-6(7)8;9-11(10)6-5-7-3-1-2-4-8(7)11;1-2-6-3-5-9-7(6)8-4-1;1-2-5-9-6-4-8-7(9)3-1;5*1-2;;;/h2-5,9H,1H2;1-4H,5H2;1-4H,5-6H2;1-5H,(H,8,9);1-6H;5*1-2H3;3*1H4. The van der Waals surface area contributed by atoms with Crippen molar-refractivity contribution >= 4 is 59.6 Å². The maximum atomic E-state index is 11.3. The van der Waals surface area contributed by atoms with Gasteiger partial charge >= 0.3 is 0 Å². The Bertz CT molecular complexity index is 2410. The Kier molecular flexibility index (Phi) is 33.3. The molecule has 0 aliphatic carbocycles. The van der Waals surface area contributed by atoms with Crippen LogP contribution in [-0.4, -0.2) is 53.5 Å². The maximum absolute atomic E-state index is 11.3. The number of hydrogen-bond donors (Lipinski definition) is 2. The molecule has 0 bridgehead atoms. The van der Waals surface area contributed by atoms with Crippen molar-refractivity contribution in [3.8, 4) is 0 Å². The number of imidazole rings is 1. The molecule has 3 aliphatic heterocycles. The van der Waals surface area contributed by atoms with Crippen LogP contribution >= 0.6 is 11.8 Å². The Morgan fingerprint density at radius 3 is 1.83 bits per heavy atom. The van der Waals surface area contributed by atoms with Gasteiger partial charge in [-0.05, 0) is 66.6 Å². The van der Waals surface area contributed by atoms with Crippen LogP contribution in [0.4, 0.5) is 5.69 Å². The topological polar surface area (TPSA) is 143 Å². The molecule has 0 atom stereocenters. The van der Waals surface area contributed by atoms with Crippen LogP contribution in [0.2, 0.25) is 0 Å². The monoisotopic (exact) mass is 933 g/mol. The van der Waals surface area contributed by atoms with Crippen LogP contribution in [0.25, 0.3) is 16.7 Å². The van der Waals surface area contributed by atoms with Gasteiger partial charge in [-0.2, -0.15) is 0 Å². The predicted molar refractivity (Wildman–Crippen MR) is 278 cm³/mol. The number of carbonyl (C=O) groups excluding carboxylic acids is 1. The number of carbonyl (C=O) groups is 1. The fraction of sp³-hybridized carbons (Fsp3) is 0.314. The Balaban J connectivity index is -0.000000686. The van der Waals surface area contributed by atoms with Gasteiger partial charge in [-0.25, -0.2) is 26.8 Å². The first kappa shape index (κ1) is 62.8. The summed E-state index contributed by atoms with van der Waals surface area (Å²) in [6.07, 6.45) is 10.0. The first-order valence-electron chi connectivity index (χ1n) is 20.7. The van der Waals surface area contributed by atoms with E-state index in [1.165, 1.54) is 16.6 Å². The molecule has 0 radical (unpaired) electrons. The molecule has 10 nitrogen and oxygen atoms in total. The van der Waals surface area contributed by atoms with Crippen molar-refractivity contribution in [2.75, 3.05) is 16.8 Å². The smallest absolute Gasteiger partial charge is 0.186 e. The number of nitrogens with zero attached hydrogens (tertiary/aromatic N) is 3. The molecule has 3 aromatic carbocycles. The van der Waals surface area contributed by atoms with Crippen molar-refractivity contribution in [3.05, 3.63) is 163 Å². The number of sulfone groups is 2. The number of benzene rings is 3. The summed E-state index contributed by atoms with van der Waals surface area (Å²) >= 11 is 1.69. The van der Waals surface area contributed by atoms with Gasteiger partial charge in [0, 0.05) is 46.8 Å².